The maximum Gasteiger partial charge on any atom is 0.263 e. The fourth-order valence-corrected chi connectivity index (χ4v) is 3.08. The van der Waals surface area contributed by atoms with Crippen molar-refractivity contribution in [2.75, 3.05) is 5.32 Å². The number of nitrogens with zero attached hydrogens (tertiary/aromatic N) is 2. The van der Waals surface area contributed by atoms with Gasteiger partial charge in [-0.15, -0.1) is 0 Å². The van der Waals surface area contributed by atoms with Crippen molar-refractivity contribution in [2.45, 2.75) is 13.5 Å². The third-order valence-electron chi connectivity index (χ3n) is 3.26. The van der Waals surface area contributed by atoms with Crippen LogP contribution in [0.2, 0.25) is 5.02 Å². The SMILES string of the molecule is Cc1nc(Nc2ccc(Cl)cn2)sc1C(=O)NCc1ccccc1. The Bertz CT molecular complexity index is 834. The molecule has 0 aliphatic carbocycles. The van der Waals surface area contributed by atoms with Gasteiger partial charge in [0.05, 0.1) is 10.7 Å². The minimum absolute atomic E-state index is 0.133. The third kappa shape index (κ3) is 4.10. The fourth-order valence-electron chi connectivity index (χ4n) is 2.08. The summed E-state index contributed by atoms with van der Waals surface area (Å²) in [5.41, 5.74) is 1.73. The fraction of sp³-hybridized carbons (Fsp3) is 0.118. The van der Waals surface area contributed by atoms with Gasteiger partial charge in [-0.2, -0.15) is 0 Å². The topological polar surface area (TPSA) is 66.9 Å². The Hall–Kier alpha value is -2.44. The first-order valence-corrected chi connectivity index (χ1v) is 8.49. The van der Waals surface area contributed by atoms with Gasteiger partial charge in [-0.25, -0.2) is 9.97 Å². The van der Waals surface area contributed by atoms with E-state index < -0.39 is 0 Å². The Morgan fingerprint density at radius 1 is 1.21 bits per heavy atom. The lowest BCUT2D eigenvalue weighted by atomic mass is 10.2. The Kier molecular flexibility index (Phi) is 5.08. The average Bonchev–Trinajstić information content (AvgIpc) is 2.96. The molecule has 2 aromatic heterocycles. The average molecular weight is 359 g/mol. The number of benzene rings is 1. The first-order valence-electron chi connectivity index (χ1n) is 7.30. The second kappa shape index (κ2) is 7.42. The van der Waals surface area contributed by atoms with Gasteiger partial charge in [0.2, 0.25) is 0 Å². The smallest absolute Gasteiger partial charge is 0.263 e. The lowest BCUT2D eigenvalue weighted by Crippen LogP contribution is -2.22. The molecule has 1 aromatic carbocycles. The Labute approximate surface area is 148 Å². The largest absolute Gasteiger partial charge is 0.347 e. The maximum absolute atomic E-state index is 12.3. The van der Waals surface area contributed by atoms with Crippen molar-refractivity contribution >= 4 is 39.8 Å². The molecule has 0 radical (unpaired) electrons. The molecule has 3 rings (SSSR count). The first kappa shape index (κ1) is 16.4. The summed E-state index contributed by atoms with van der Waals surface area (Å²) >= 11 is 7.11. The summed E-state index contributed by atoms with van der Waals surface area (Å²) in [5.74, 6) is 0.496. The van der Waals surface area contributed by atoms with Crippen LogP contribution in [0.3, 0.4) is 0 Å². The van der Waals surface area contributed by atoms with E-state index in [9.17, 15) is 4.79 Å². The van der Waals surface area contributed by atoms with E-state index in [4.69, 9.17) is 11.6 Å². The van der Waals surface area contributed by atoms with E-state index in [0.29, 0.717) is 33.1 Å². The monoisotopic (exact) mass is 358 g/mol. The number of rotatable bonds is 5. The summed E-state index contributed by atoms with van der Waals surface area (Å²) in [4.78, 5) is 21.5. The Morgan fingerprint density at radius 3 is 2.71 bits per heavy atom. The normalized spacial score (nSPS) is 10.4. The van der Waals surface area contributed by atoms with Crippen LogP contribution in [0.1, 0.15) is 20.9 Å². The zero-order chi connectivity index (χ0) is 16.9. The number of carbonyl (C=O) groups excluding carboxylic acids is 1. The van der Waals surface area contributed by atoms with Crippen LogP contribution in [0.5, 0.6) is 0 Å². The highest BCUT2D eigenvalue weighted by Gasteiger charge is 2.15. The van der Waals surface area contributed by atoms with Crippen molar-refractivity contribution in [2.24, 2.45) is 0 Å². The summed E-state index contributed by atoms with van der Waals surface area (Å²) in [7, 11) is 0. The quantitative estimate of drug-likeness (QED) is 0.718. The zero-order valence-electron chi connectivity index (χ0n) is 12.9. The summed E-state index contributed by atoms with van der Waals surface area (Å²) in [6.07, 6.45) is 1.55. The van der Waals surface area contributed by atoms with Crippen LogP contribution >= 0.6 is 22.9 Å². The molecule has 0 fully saturated rings. The van der Waals surface area contributed by atoms with Crippen molar-refractivity contribution < 1.29 is 4.79 Å². The predicted molar refractivity (Wildman–Crippen MR) is 97.0 cm³/mol. The number of carbonyl (C=O) groups is 1. The number of pyridine rings is 1. The van der Waals surface area contributed by atoms with E-state index in [1.807, 2.05) is 37.3 Å². The predicted octanol–water partition coefficient (Wildman–Crippen LogP) is 4.17. The Morgan fingerprint density at radius 2 is 2.00 bits per heavy atom. The van der Waals surface area contributed by atoms with E-state index in [0.717, 1.165) is 5.56 Å². The molecule has 5 nitrogen and oxygen atoms in total. The van der Waals surface area contributed by atoms with Crippen LogP contribution in [0.15, 0.2) is 48.7 Å². The van der Waals surface area contributed by atoms with Gasteiger partial charge in [-0.05, 0) is 24.6 Å². The minimum Gasteiger partial charge on any atom is -0.347 e. The van der Waals surface area contributed by atoms with Crippen molar-refractivity contribution in [1.29, 1.82) is 0 Å². The minimum atomic E-state index is -0.133. The van der Waals surface area contributed by atoms with Gasteiger partial charge in [0.1, 0.15) is 10.7 Å². The molecule has 0 atom stereocenters. The van der Waals surface area contributed by atoms with Crippen molar-refractivity contribution in [1.82, 2.24) is 15.3 Å². The van der Waals surface area contributed by atoms with E-state index in [2.05, 4.69) is 20.6 Å². The molecule has 24 heavy (non-hydrogen) atoms. The molecule has 122 valence electrons. The van der Waals surface area contributed by atoms with Crippen molar-refractivity contribution in [3.05, 3.63) is 69.8 Å². The molecule has 0 bridgehead atoms. The molecular weight excluding hydrogens is 344 g/mol. The molecule has 0 spiro atoms. The second-order valence-corrected chi connectivity index (χ2v) is 6.52. The molecule has 7 heteroatoms. The molecule has 0 saturated heterocycles. The van der Waals surface area contributed by atoms with Gasteiger partial charge >= 0.3 is 0 Å². The number of hydrogen-bond donors (Lipinski definition) is 2. The molecule has 0 saturated carbocycles. The van der Waals surface area contributed by atoms with Gasteiger partial charge in [-0.3, -0.25) is 4.79 Å². The third-order valence-corrected chi connectivity index (χ3v) is 4.56. The van der Waals surface area contributed by atoms with Crippen molar-refractivity contribution in [3.8, 4) is 0 Å². The lowest BCUT2D eigenvalue weighted by molar-refractivity contribution is 0.0954. The number of anilines is 2. The molecule has 2 N–H and O–H groups in total. The number of aromatic nitrogens is 2. The zero-order valence-corrected chi connectivity index (χ0v) is 14.5. The van der Waals surface area contributed by atoms with Crippen LogP contribution in [0.25, 0.3) is 0 Å². The van der Waals surface area contributed by atoms with Crippen LogP contribution < -0.4 is 10.6 Å². The summed E-state index contributed by atoms with van der Waals surface area (Å²) in [6, 6.07) is 13.3. The van der Waals surface area contributed by atoms with Gasteiger partial charge in [0.25, 0.3) is 5.91 Å². The second-order valence-electron chi connectivity index (χ2n) is 5.09. The number of halogens is 1. The van der Waals surface area contributed by atoms with Gasteiger partial charge in [0, 0.05) is 12.7 Å². The number of hydrogen-bond acceptors (Lipinski definition) is 5. The van der Waals surface area contributed by atoms with Gasteiger partial charge in [-0.1, -0.05) is 53.3 Å². The van der Waals surface area contributed by atoms with E-state index in [1.165, 1.54) is 11.3 Å². The molecule has 0 aliphatic heterocycles. The number of thiazole rings is 1. The first-order chi connectivity index (χ1) is 11.6. The van der Waals surface area contributed by atoms with Gasteiger partial charge < -0.3 is 10.6 Å². The summed E-state index contributed by atoms with van der Waals surface area (Å²) in [6.45, 7) is 2.30. The summed E-state index contributed by atoms with van der Waals surface area (Å²) < 4.78 is 0. The highest BCUT2D eigenvalue weighted by atomic mass is 35.5. The van der Waals surface area contributed by atoms with Gasteiger partial charge in [0.15, 0.2) is 5.13 Å². The molecule has 2 heterocycles. The van der Waals surface area contributed by atoms with E-state index in [-0.39, 0.29) is 5.91 Å². The maximum atomic E-state index is 12.3. The van der Waals surface area contributed by atoms with E-state index in [1.54, 1.807) is 18.3 Å². The standard InChI is InChI=1S/C17H15ClN4OS/c1-11-15(16(23)20-9-12-5-3-2-4-6-12)24-17(21-11)22-14-8-7-13(18)10-19-14/h2-8,10H,9H2,1H3,(H,20,23)(H,19,21,22). The summed E-state index contributed by atoms with van der Waals surface area (Å²) in [5, 5.41) is 7.17. The highest BCUT2D eigenvalue weighted by molar-refractivity contribution is 7.17. The number of amides is 1. The van der Waals surface area contributed by atoms with Crippen LogP contribution in [0.4, 0.5) is 10.9 Å². The lowest BCUT2D eigenvalue weighted by Gasteiger charge is -2.03. The number of nitrogens with one attached hydrogen (secondary N) is 2. The molecule has 0 aliphatic rings. The molecular formula is C17H15ClN4OS. The highest BCUT2D eigenvalue weighted by Crippen LogP contribution is 2.25. The molecule has 0 unspecified atom stereocenters. The van der Waals surface area contributed by atoms with Crippen LogP contribution in [0, 0.1) is 6.92 Å². The number of aryl methyl sites for hydroxylation is 1. The van der Waals surface area contributed by atoms with Crippen LogP contribution in [-0.2, 0) is 6.54 Å². The van der Waals surface area contributed by atoms with E-state index >= 15 is 0 Å². The van der Waals surface area contributed by atoms with Crippen molar-refractivity contribution in [3.63, 3.8) is 0 Å². The Balaban J connectivity index is 1.66. The van der Waals surface area contributed by atoms with Crippen LogP contribution in [-0.4, -0.2) is 15.9 Å². The molecule has 1 amide bonds. The molecule has 3 aromatic rings.